The summed E-state index contributed by atoms with van der Waals surface area (Å²) in [6.07, 6.45) is 8.01. The van der Waals surface area contributed by atoms with Gasteiger partial charge in [0.25, 0.3) is 0 Å². The second kappa shape index (κ2) is 45.7. The first-order valence-corrected chi connectivity index (χ1v) is 51.7. The van der Waals surface area contributed by atoms with Crippen molar-refractivity contribution in [3.05, 3.63) is 294 Å². The zero-order chi connectivity index (χ0) is 90.1. The van der Waals surface area contributed by atoms with Crippen molar-refractivity contribution in [2.24, 2.45) is 0 Å². The van der Waals surface area contributed by atoms with E-state index < -0.39 is 16.6 Å². The lowest BCUT2D eigenvalue weighted by Gasteiger charge is -2.40. The van der Waals surface area contributed by atoms with Gasteiger partial charge in [0, 0.05) is 126 Å². The van der Waals surface area contributed by atoms with Gasteiger partial charge in [-0.3, -0.25) is 28.8 Å². The predicted octanol–water partition coefficient (Wildman–Crippen LogP) is 16.6. The van der Waals surface area contributed by atoms with Gasteiger partial charge in [-0.1, -0.05) is 211 Å². The molecule has 0 spiro atoms. The van der Waals surface area contributed by atoms with Crippen molar-refractivity contribution in [3.8, 4) is 11.5 Å². The third kappa shape index (κ3) is 29.4. The average Bonchev–Trinajstić information content (AvgIpc) is 0.776. The molecule has 4 heterocycles. The van der Waals surface area contributed by atoms with Crippen LogP contribution >= 0.6 is 0 Å². The highest BCUT2D eigenvalue weighted by molar-refractivity contribution is 6.74. The number of aromatic nitrogens is 2. The van der Waals surface area contributed by atoms with Crippen LogP contribution in [0.1, 0.15) is 173 Å². The maximum Gasteiger partial charge on any atom is 0.248 e. The van der Waals surface area contributed by atoms with Gasteiger partial charge in [0.15, 0.2) is 16.6 Å². The Morgan fingerprint density at radius 1 is 0.417 bits per heavy atom. The van der Waals surface area contributed by atoms with E-state index in [0.717, 1.165) is 131 Å². The minimum absolute atomic E-state index is 0.0168. The second-order valence-corrected chi connectivity index (χ2v) is 47.4. The number of aromatic amines is 2. The molecular weight excluding hydrogens is 1620 g/mol. The van der Waals surface area contributed by atoms with Crippen LogP contribution in [0.25, 0.3) is 21.8 Å². The van der Waals surface area contributed by atoms with Crippen molar-refractivity contribution in [1.82, 2.24) is 51.7 Å². The quantitative estimate of drug-likeness (QED) is 0.0165. The van der Waals surface area contributed by atoms with E-state index in [0.29, 0.717) is 114 Å². The molecule has 127 heavy (non-hydrogen) atoms. The van der Waals surface area contributed by atoms with E-state index in [-0.39, 0.29) is 94.2 Å². The van der Waals surface area contributed by atoms with E-state index >= 15 is 0 Å². The number of pyridine rings is 2. The normalized spacial score (nSPS) is 15.0. The zero-order valence-corrected chi connectivity index (χ0v) is 78.9. The number of benzene rings is 8. The number of amides is 4. The molecule has 0 bridgehead atoms. The first kappa shape index (κ1) is 95.9. The first-order chi connectivity index (χ1) is 60.9. The minimum Gasteiger partial charge on any atom is -0.487 e. The van der Waals surface area contributed by atoms with E-state index in [1.807, 2.05) is 133 Å². The number of H-pyrrole nitrogens is 2. The van der Waals surface area contributed by atoms with E-state index in [1.54, 1.807) is 12.1 Å². The van der Waals surface area contributed by atoms with Gasteiger partial charge in [-0.2, -0.15) is 0 Å². The number of ether oxygens (including phenoxy) is 3. The minimum atomic E-state index is -2.26. The second-order valence-electron chi connectivity index (χ2n) is 37.9. The lowest BCUT2D eigenvalue weighted by atomic mass is 10.0. The van der Waals surface area contributed by atoms with Crippen LogP contribution in [0.15, 0.2) is 216 Å². The van der Waals surface area contributed by atoms with Crippen LogP contribution in [0.5, 0.6) is 11.5 Å². The summed E-state index contributed by atoms with van der Waals surface area (Å²) in [5, 5.41) is 21.8. The maximum absolute atomic E-state index is 13.2. The molecular formula is C104H136N10O11Si2. The van der Waals surface area contributed by atoms with Gasteiger partial charge in [-0.25, -0.2) is 0 Å². The molecule has 21 nitrogen and oxygen atoms in total. The summed E-state index contributed by atoms with van der Waals surface area (Å²) in [5.41, 5.74) is 13.5. The Morgan fingerprint density at radius 2 is 0.780 bits per heavy atom. The lowest BCUT2D eigenvalue weighted by molar-refractivity contribution is -0.122. The van der Waals surface area contributed by atoms with Crippen molar-refractivity contribution >= 4 is 62.1 Å². The fourth-order valence-electron chi connectivity index (χ4n) is 16.2. The summed E-state index contributed by atoms with van der Waals surface area (Å²) in [4.78, 5) is 88.8. The van der Waals surface area contributed by atoms with Gasteiger partial charge in [0.05, 0.1) is 48.3 Å². The maximum atomic E-state index is 13.2. The highest BCUT2D eigenvalue weighted by atomic mass is 28.4. The Labute approximate surface area is 753 Å². The van der Waals surface area contributed by atoms with Gasteiger partial charge in [-0.15, -0.1) is 0 Å². The van der Waals surface area contributed by atoms with Crippen LogP contribution in [0.3, 0.4) is 0 Å². The first-order valence-electron chi connectivity index (χ1n) is 45.9. The standard InChI is InChI=1S/C104H136N10O11Si2/c1-73(107-69-93(124-126(9,10)103(3,4)5)87-37-41-91(101-89(87)39-43-97(117)111-101)121-71-81-21-15-13-16-22-81)61-83-27-19-25-75(63-83)45-53-105-99(119)65-77-29-33-79(34-30-77)67-109-95(115)51-59-113-55-47-85(48-56-113)123-86-49-57-114(58-50-86)60-52-96(116)110-68-80-35-31-78(32-36-80)66-100(120)106-54-46-76-26-20-28-84(64-76)62-74(2)108-70-94(125-127(11,12)104(6,7)8)88-38-42-92(102-90(88)40-44-98(118)112-102)122-72-82-23-17-14-18-24-82/h13-44,63-64,73-74,85-86,93-94,107-108H,45-62,65-72H2,1-12H3,(H,105,119)(H,106,120)(H,109,115)(H,110,116)(H,111,117)(H,112,118)/t73-,74-,93+,94+/m1/s1. The lowest BCUT2D eigenvalue weighted by Crippen LogP contribution is -2.44. The third-order valence-electron chi connectivity index (χ3n) is 25.8. The van der Waals surface area contributed by atoms with Gasteiger partial charge >= 0.3 is 0 Å². The fourth-order valence-corrected chi connectivity index (χ4v) is 18.8. The molecule has 0 aliphatic carbocycles. The van der Waals surface area contributed by atoms with Crippen LogP contribution < -0.4 is 52.5 Å². The van der Waals surface area contributed by atoms with E-state index in [4.69, 9.17) is 23.1 Å². The Morgan fingerprint density at radius 3 is 1.16 bits per heavy atom. The number of hydrogen-bond acceptors (Lipinski definition) is 15. The molecule has 23 heteroatoms. The monoisotopic (exact) mass is 1760 g/mol. The van der Waals surface area contributed by atoms with Gasteiger partial charge in [0.2, 0.25) is 34.7 Å². The third-order valence-corrected chi connectivity index (χ3v) is 34.8. The molecule has 676 valence electrons. The molecule has 0 radical (unpaired) electrons. The molecule has 2 fully saturated rings. The number of nitrogens with zero attached hydrogens (tertiary/aromatic N) is 2. The molecule has 8 N–H and O–H groups in total. The number of carbonyl (C=O) groups is 4. The smallest absolute Gasteiger partial charge is 0.248 e. The van der Waals surface area contributed by atoms with Gasteiger partial charge in [0.1, 0.15) is 24.7 Å². The number of fused-ring (bicyclic) bond motifs is 2. The summed E-state index contributed by atoms with van der Waals surface area (Å²) >= 11 is 0. The highest BCUT2D eigenvalue weighted by Crippen LogP contribution is 2.44. The highest BCUT2D eigenvalue weighted by Gasteiger charge is 2.42. The van der Waals surface area contributed by atoms with Crippen molar-refractivity contribution in [2.45, 2.75) is 232 Å². The van der Waals surface area contributed by atoms with Crippen LogP contribution in [0, 0.1) is 0 Å². The summed E-state index contributed by atoms with van der Waals surface area (Å²) < 4.78 is 33.7. The summed E-state index contributed by atoms with van der Waals surface area (Å²) in [7, 11) is -4.53. The van der Waals surface area contributed by atoms with Crippen LogP contribution in [-0.2, 0) is 97.6 Å². The average molecular weight is 1760 g/mol. The molecule has 2 aromatic heterocycles. The van der Waals surface area contributed by atoms with Gasteiger partial charge < -0.3 is 74.7 Å². The van der Waals surface area contributed by atoms with E-state index in [2.05, 4.69) is 194 Å². The molecule has 8 aromatic carbocycles. The van der Waals surface area contributed by atoms with Crippen molar-refractivity contribution < 1.29 is 42.2 Å². The van der Waals surface area contributed by atoms with Crippen LogP contribution in [0.2, 0.25) is 36.3 Å². The number of piperidine rings is 2. The number of hydrogen-bond donors (Lipinski definition) is 8. The molecule has 10 aromatic rings. The molecule has 4 atom stereocenters. The Balaban J connectivity index is 0.480. The SMILES string of the molecule is C[C@H](Cc1cccc(CCNC(=O)Cc2ccc(CNC(=O)CCN3CCC(OC4CCN(CCC(=O)NCc5ccc(CC(=O)NCCc6cccc(C[C@@H](C)NC[C@H](O[Si](C)(C)C(C)(C)C)c7ccc(OCc8ccccc8)c8[nH]c(=O)ccc78)c6)cc5)CC4)CC3)cc2)c1)NC[C@H](O[Si](C)(C)C(C)(C)C)c1ccc(OCc2ccccc2)c2[nH]c(=O)ccc12. The zero-order valence-electron chi connectivity index (χ0n) is 76.9. The molecule has 0 saturated carbocycles. The summed E-state index contributed by atoms with van der Waals surface area (Å²) in [6.45, 7) is 35.8. The number of rotatable bonds is 44. The Hall–Kier alpha value is -10.2. The Kier molecular flexibility index (Phi) is 34.5. The molecule has 2 aliphatic rings. The molecule has 2 aliphatic heterocycles. The van der Waals surface area contributed by atoms with Crippen LogP contribution in [0.4, 0.5) is 0 Å². The number of likely N-dealkylation sites (tertiary alicyclic amines) is 2. The fraction of sp³-hybridized carbons (Fsp3) is 0.442. The summed E-state index contributed by atoms with van der Waals surface area (Å²) in [6, 6.07) is 68.2. The van der Waals surface area contributed by atoms with E-state index in [1.165, 1.54) is 11.1 Å². The van der Waals surface area contributed by atoms with Gasteiger partial charge in [-0.05, 0) is 193 Å². The van der Waals surface area contributed by atoms with Crippen molar-refractivity contribution in [3.63, 3.8) is 0 Å². The van der Waals surface area contributed by atoms with E-state index in [9.17, 15) is 28.8 Å². The van der Waals surface area contributed by atoms with Crippen molar-refractivity contribution in [1.29, 1.82) is 0 Å². The molecule has 12 rings (SSSR count). The largest absolute Gasteiger partial charge is 0.487 e. The summed E-state index contributed by atoms with van der Waals surface area (Å²) in [5.74, 6) is 1.20. The predicted molar refractivity (Wildman–Crippen MR) is 515 cm³/mol. The molecule has 0 unspecified atom stereocenters. The number of nitrogens with one attached hydrogen (secondary N) is 8. The van der Waals surface area contributed by atoms with Crippen LogP contribution in [-0.4, -0.2) is 150 Å². The number of carbonyl (C=O) groups excluding carboxylic acids is 4. The Bertz CT molecular complexity index is 5020. The molecule has 2 saturated heterocycles. The topological polar surface area (TPSA) is 259 Å². The van der Waals surface area contributed by atoms with Crippen molar-refractivity contribution in [2.75, 3.05) is 65.4 Å². The molecule has 4 amide bonds.